The van der Waals surface area contributed by atoms with Crippen molar-refractivity contribution in [3.8, 4) is 11.5 Å². The Morgan fingerprint density at radius 2 is 2.12 bits per heavy atom. The van der Waals surface area contributed by atoms with Crippen LogP contribution in [0, 0.1) is 5.41 Å². The monoisotopic (exact) mass is 239 g/mol. The van der Waals surface area contributed by atoms with E-state index in [0.717, 1.165) is 12.1 Å². The zero-order chi connectivity index (χ0) is 12.9. The van der Waals surface area contributed by atoms with Crippen LogP contribution in [0.2, 0.25) is 0 Å². The average Bonchev–Trinajstić information content (AvgIpc) is 2.36. The number of ether oxygens (including phenoxy) is 1. The van der Waals surface area contributed by atoms with Crippen LogP contribution in [0.1, 0.15) is 20.3 Å². The minimum atomic E-state index is -0.143. The fourth-order valence-electron chi connectivity index (χ4n) is 1.41. The minimum Gasteiger partial charge on any atom is -0.504 e. The molecular weight excluding hydrogens is 218 g/mol. The van der Waals surface area contributed by atoms with E-state index in [0.29, 0.717) is 12.3 Å². The van der Waals surface area contributed by atoms with Crippen molar-refractivity contribution in [1.82, 2.24) is 0 Å². The van der Waals surface area contributed by atoms with Crippen LogP contribution in [-0.4, -0.2) is 30.5 Å². The number of hydrogen-bond donors (Lipinski definition) is 3. The number of benzene rings is 1. The minimum absolute atomic E-state index is 0.111. The fraction of sp³-hybridized carbons (Fsp3) is 0.538. The van der Waals surface area contributed by atoms with Crippen LogP contribution in [0.3, 0.4) is 0 Å². The Labute approximate surface area is 102 Å². The molecule has 0 amide bonds. The molecule has 0 saturated carbocycles. The van der Waals surface area contributed by atoms with E-state index in [1.54, 1.807) is 12.1 Å². The summed E-state index contributed by atoms with van der Waals surface area (Å²) in [5, 5.41) is 22.1. The van der Waals surface area contributed by atoms with Crippen LogP contribution in [0.25, 0.3) is 0 Å². The maximum atomic E-state index is 9.62. The zero-order valence-electron chi connectivity index (χ0n) is 10.7. The van der Waals surface area contributed by atoms with Crippen molar-refractivity contribution < 1.29 is 14.9 Å². The van der Waals surface area contributed by atoms with Gasteiger partial charge in [-0.2, -0.15) is 0 Å². The first kappa shape index (κ1) is 13.6. The molecule has 0 aliphatic rings. The molecule has 4 heteroatoms. The molecule has 0 saturated heterocycles. The third-order valence-electron chi connectivity index (χ3n) is 3.13. The van der Waals surface area contributed by atoms with Gasteiger partial charge >= 0.3 is 0 Å². The van der Waals surface area contributed by atoms with Gasteiger partial charge < -0.3 is 20.3 Å². The Morgan fingerprint density at radius 1 is 1.41 bits per heavy atom. The van der Waals surface area contributed by atoms with E-state index in [1.807, 2.05) is 19.9 Å². The number of aliphatic hydroxyl groups excluding tert-OH is 1. The maximum Gasteiger partial charge on any atom is 0.160 e. The molecule has 0 bridgehead atoms. The third-order valence-corrected chi connectivity index (χ3v) is 3.13. The van der Waals surface area contributed by atoms with Crippen molar-refractivity contribution >= 4 is 5.69 Å². The number of hydrogen-bond acceptors (Lipinski definition) is 4. The number of nitrogens with one attached hydrogen (secondary N) is 1. The Hall–Kier alpha value is -1.42. The highest BCUT2D eigenvalue weighted by Crippen LogP contribution is 2.29. The van der Waals surface area contributed by atoms with Gasteiger partial charge in [0.1, 0.15) is 0 Å². The molecule has 0 fully saturated rings. The van der Waals surface area contributed by atoms with Crippen LogP contribution in [0.4, 0.5) is 5.69 Å². The van der Waals surface area contributed by atoms with Gasteiger partial charge in [-0.15, -0.1) is 0 Å². The first-order chi connectivity index (χ1) is 8.04. The van der Waals surface area contributed by atoms with E-state index in [1.165, 1.54) is 7.11 Å². The summed E-state index contributed by atoms with van der Waals surface area (Å²) in [4.78, 5) is 0. The quantitative estimate of drug-likeness (QED) is 0.712. The van der Waals surface area contributed by atoms with Crippen LogP contribution in [0.15, 0.2) is 18.2 Å². The first-order valence-electron chi connectivity index (χ1n) is 5.76. The van der Waals surface area contributed by atoms with Gasteiger partial charge in [0.2, 0.25) is 0 Å². The molecule has 4 nitrogen and oxygen atoms in total. The molecule has 96 valence electrons. The summed E-state index contributed by atoms with van der Waals surface area (Å²) in [6.07, 6.45) is 0.888. The van der Waals surface area contributed by atoms with E-state index < -0.39 is 0 Å². The average molecular weight is 239 g/mol. The predicted octanol–water partition coefficient (Wildman–Crippen LogP) is 2.22. The van der Waals surface area contributed by atoms with Gasteiger partial charge in [0.25, 0.3) is 0 Å². The molecule has 1 unspecified atom stereocenters. The highest BCUT2D eigenvalue weighted by atomic mass is 16.5. The molecule has 1 aromatic rings. The van der Waals surface area contributed by atoms with Crippen molar-refractivity contribution in [2.45, 2.75) is 20.3 Å². The van der Waals surface area contributed by atoms with Crippen molar-refractivity contribution in [2.75, 3.05) is 25.6 Å². The molecule has 0 spiro atoms. The Kier molecular flexibility index (Phi) is 4.63. The molecule has 3 N–H and O–H groups in total. The Bertz CT molecular complexity index is 362. The predicted molar refractivity (Wildman–Crippen MR) is 68.6 cm³/mol. The van der Waals surface area contributed by atoms with Gasteiger partial charge in [-0.05, 0) is 18.6 Å². The summed E-state index contributed by atoms with van der Waals surface area (Å²) >= 11 is 0. The second-order valence-corrected chi connectivity index (χ2v) is 4.56. The van der Waals surface area contributed by atoms with Gasteiger partial charge in [0.05, 0.1) is 13.7 Å². The summed E-state index contributed by atoms with van der Waals surface area (Å²) in [5.41, 5.74) is 0.673. The number of rotatable bonds is 6. The van der Waals surface area contributed by atoms with Crippen molar-refractivity contribution in [2.24, 2.45) is 5.41 Å². The molecule has 0 aromatic heterocycles. The molecule has 0 radical (unpaired) electrons. The Balaban J connectivity index is 2.67. The van der Waals surface area contributed by atoms with Crippen LogP contribution >= 0.6 is 0 Å². The summed E-state index contributed by atoms with van der Waals surface area (Å²) in [5.74, 6) is 0.565. The summed E-state index contributed by atoms with van der Waals surface area (Å²) < 4.78 is 4.97. The number of phenols is 1. The van der Waals surface area contributed by atoms with Crippen molar-refractivity contribution in [3.63, 3.8) is 0 Å². The third kappa shape index (κ3) is 3.53. The lowest BCUT2D eigenvalue weighted by atomic mass is 9.88. The molecule has 1 rings (SSSR count). The number of methoxy groups -OCH3 is 1. The van der Waals surface area contributed by atoms with Gasteiger partial charge in [0, 0.05) is 23.7 Å². The van der Waals surface area contributed by atoms with E-state index in [4.69, 9.17) is 4.74 Å². The van der Waals surface area contributed by atoms with Crippen LogP contribution in [0.5, 0.6) is 11.5 Å². The van der Waals surface area contributed by atoms with E-state index in [-0.39, 0.29) is 17.8 Å². The van der Waals surface area contributed by atoms with E-state index >= 15 is 0 Å². The molecule has 0 aliphatic carbocycles. The van der Waals surface area contributed by atoms with E-state index in [9.17, 15) is 10.2 Å². The number of phenolic OH excluding ortho intramolecular Hbond substituents is 1. The van der Waals surface area contributed by atoms with Gasteiger partial charge in [-0.3, -0.25) is 0 Å². The van der Waals surface area contributed by atoms with Gasteiger partial charge in [-0.1, -0.05) is 13.8 Å². The zero-order valence-corrected chi connectivity index (χ0v) is 10.7. The molecule has 1 aromatic carbocycles. The highest BCUT2D eigenvalue weighted by Gasteiger charge is 2.20. The lowest BCUT2D eigenvalue weighted by Gasteiger charge is -2.26. The lowest BCUT2D eigenvalue weighted by Crippen LogP contribution is -2.29. The van der Waals surface area contributed by atoms with Crippen molar-refractivity contribution in [1.29, 1.82) is 0 Å². The van der Waals surface area contributed by atoms with Gasteiger partial charge in [-0.25, -0.2) is 0 Å². The normalized spacial score (nSPS) is 14.1. The number of aliphatic hydroxyl groups is 1. The smallest absolute Gasteiger partial charge is 0.160 e. The summed E-state index contributed by atoms with van der Waals surface area (Å²) in [7, 11) is 1.52. The maximum absolute atomic E-state index is 9.62. The number of anilines is 1. The SMILES string of the molecule is CCC(C)(CO)CNc1ccc(OC)c(O)c1. The summed E-state index contributed by atoms with van der Waals surface area (Å²) in [6.45, 7) is 4.86. The van der Waals surface area contributed by atoms with E-state index in [2.05, 4.69) is 5.32 Å². The molecule has 17 heavy (non-hydrogen) atoms. The second-order valence-electron chi connectivity index (χ2n) is 4.56. The second kappa shape index (κ2) is 5.77. The summed E-state index contributed by atoms with van der Waals surface area (Å²) in [6, 6.07) is 5.16. The van der Waals surface area contributed by atoms with Crippen LogP contribution in [-0.2, 0) is 0 Å². The molecule has 0 aliphatic heterocycles. The molecule has 1 atom stereocenters. The lowest BCUT2D eigenvalue weighted by molar-refractivity contribution is 0.149. The Morgan fingerprint density at radius 3 is 2.59 bits per heavy atom. The molecular formula is C13H21NO3. The topological polar surface area (TPSA) is 61.7 Å². The first-order valence-corrected chi connectivity index (χ1v) is 5.76. The standard InChI is InChI=1S/C13H21NO3/c1-4-13(2,9-15)8-14-10-5-6-12(17-3)11(16)7-10/h5-7,14-16H,4,8-9H2,1-3H3. The van der Waals surface area contributed by atoms with Crippen LogP contribution < -0.4 is 10.1 Å². The van der Waals surface area contributed by atoms with Crippen molar-refractivity contribution in [3.05, 3.63) is 18.2 Å². The highest BCUT2D eigenvalue weighted by molar-refractivity contribution is 5.54. The molecule has 0 heterocycles. The number of aromatic hydroxyl groups is 1. The largest absolute Gasteiger partial charge is 0.504 e. The van der Waals surface area contributed by atoms with Gasteiger partial charge in [0.15, 0.2) is 11.5 Å². The fourth-order valence-corrected chi connectivity index (χ4v) is 1.41.